The first-order valence-electron chi connectivity index (χ1n) is 9.33. The second-order valence-corrected chi connectivity index (χ2v) is 9.09. The number of rotatable bonds is 5. The second-order valence-electron chi connectivity index (χ2n) is 9.09. The fourth-order valence-corrected chi connectivity index (χ4v) is 3.03. The minimum atomic E-state index is -0.492. The summed E-state index contributed by atoms with van der Waals surface area (Å²) in [5.74, 6) is 0.876. The van der Waals surface area contributed by atoms with Gasteiger partial charge in [0.05, 0.1) is 13.2 Å². The van der Waals surface area contributed by atoms with Crippen LogP contribution in [0.15, 0.2) is 18.2 Å². The first-order valence-corrected chi connectivity index (χ1v) is 9.33. The third-order valence-corrected chi connectivity index (χ3v) is 4.66. The summed E-state index contributed by atoms with van der Waals surface area (Å²) >= 11 is 0. The molecule has 1 aromatic rings. The maximum Gasteiger partial charge on any atom is 0.123 e. The average molecular weight is 350 g/mol. The third-order valence-electron chi connectivity index (χ3n) is 4.66. The number of morpholine rings is 1. The summed E-state index contributed by atoms with van der Waals surface area (Å²) in [5, 5.41) is 10.3. The highest BCUT2D eigenvalue weighted by Gasteiger charge is 2.24. The highest BCUT2D eigenvalue weighted by molar-refractivity contribution is 5.43. The molecule has 142 valence electrons. The lowest BCUT2D eigenvalue weighted by molar-refractivity contribution is 0.00449. The number of aliphatic hydroxyl groups excluding tert-OH is 1. The smallest absolute Gasteiger partial charge is 0.123 e. The van der Waals surface area contributed by atoms with Crippen LogP contribution in [0.2, 0.25) is 0 Å². The molecule has 1 aliphatic rings. The van der Waals surface area contributed by atoms with E-state index >= 15 is 0 Å². The van der Waals surface area contributed by atoms with E-state index in [0.29, 0.717) is 13.2 Å². The van der Waals surface area contributed by atoms with Crippen LogP contribution in [0.1, 0.15) is 52.7 Å². The molecule has 1 N–H and O–H groups in total. The number of aliphatic hydroxyl groups is 1. The van der Waals surface area contributed by atoms with Gasteiger partial charge < -0.3 is 14.6 Å². The quantitative estimate of drug-likeness (QED) is 0.885. The van der Waals surface area contributed by atoms with E-state index in [-0.39, 0.29) is 10.8 Å². The van der Waals surface area contributed by atoms with Crippen molar-refractivity contribution in [2.24, 2.45) is 0 Å². The topological polar surface area (TPSA) is 41.9 Å². The lowest BCUT2D eigenvalue weighted by Gasteiger charge is -2.30. The molecule has 2 rings (SSSR count). The van der Waals surface area contributed by atoms with Crippen molar-refractivity contribution in [3.63, 3.8) is 0 Å². The monoisotopic (exact) mass is 349 g/mol. The molecule has 1 fully saturated rings. The van der Waals surface area contributed by atoms with Gasteiger partial charge in [-0.3, -0.25) is 4.90 Å². The van der Waals surface area contributed by atoms with Crippen LogP contribution >= 0.6 is 0 Å². The van der Waals surface area contributed by atoms with Crippen LogP contribution in [0.3, 0.4) is 0 Å². The third kappa shape index (κ3) is 5.98. The second kappa shape index (κ2) is 8.07. The minimum absolute atomic E-state index is 0.00818. The molecule has 0 aromatic heterocycles. The molecule has 0 bridgehead atoms. The fraction of sp³-hybridized carbons (Fsp3) is 0.714. The zero-order chi connectivity index (χ0) is 18.7. The molecule has 1 aliphatic heterocycles. The summed E-state index contributed by atoms with van der Waals surface area (Å²) in [5.41, 5.74) is 2.59. The van der Waals surface area contributed by atoms with Gasteiger partial charge in [0.1, 0.15) is 18.5 Å². The average Bonchev–Trinajstić information content (AvgIpc) is 2.52. The van der Waals surface area contributed by atoms with Gasteiger partial charge >= 0.3 is 0 Å². The van der Waals surface area contributed by atoms with Crippen molar-refractivity contribution < 1.29 is 14.6 Å². The van der Waals surface area contributed by atoms with Crippen molar-refractivity contribution in [1.82, 2.24) is 4.90 Å². The molecule has 0 spiro atoms. The van der Waals surface area contributed by atoms with Crippen LogP contribution in [0.5, 0.6) is 5.75 Å². The lowest BCUT2D eigenvalue weighted by atomic mass is 9.80. The summed E-state index contributed by atoms with van der Waals surface area (Å²) in [6.07, 6.45) is -0.492. The molecule has 1 heterocycles. The summed E-state index contributed by atoms with van der Waals surface area (Å²) in [4.78, 5) is 2.23. The van der Waals surface area contributed by atoms with Crippen molar-refractivity contribution in [1.29, 1.82) is 0 Å². The lowest BCUT2D eigenvalue weighted by Crippen LogP contribution is -2.42. The van der Waals surface area contributed by atoms with Crippen LogP contribution in [-0.2, 0) is 15.6 Å². The van der Waals surface area contributed by atoms with Crippen molar-refractivity contribution in [3.05, 3.63) is 29.3 Å². The van der Waals surface area contributed by atoms with Crippen molar-refractivity contribution in [3.8, 4) is 5.75 Å². The van der Waals surface area contributed by atoms with Crippen LogP contribution < -0.4 is 4.74 Å². The Morgan fingerprint density at radius 1 is 1.08 bits per heavy atom. The first kappa shape index (κ1) is 20.2. The Bertz CT molecular complexity index is 551. The van der Waals surface area contributed by atoms with Crippen molar-refractivity contribution in [2.75, 3.05) is 39.5 Å². The zero-order valence-corrected chi connectivity index (χ0v) is 16.8. The Balaban J connectivity index is 2.05. The molecule has 1 atom stereocenters. The van der Waals surface area contributed by atoms with Crippen LogP contribution in [-0.4, -0.2) is 55.6 Å². The molecule has 1 aromatic carbocycles. The van der Waals surface area contributed by atoms with Gasteiger partial charge in [-0.25, -0.2) is 0 Å². The Morgan fingerprint density at radius 3 is 2.28 bits per heavy atom. The van der Waals surface area contributed by atoms with E-state index in [1.807, 2.05) is 0 Å². The van der Waals surface area contributed by atoms with Crippen LogP contribution in [0, 0.1) is 0 Å². The number of β-amino-alcohol motifs (C(OH)–C–C–N with tert-alkyl or cyclic N) is 1. The van der Waals surface area contributed by atoms with Gasteiger partial charge in [-0.2, -0.15) is 0 Å². The van der Waals surface area contributed by atoms with E-state index in [1.165, 1.54) is 11.1 Å². The normalized spacial score (nSPS) is 18.2. The predicted molar refractivity (Wildman–Crippen MR) is 103 cm³/mol. The zero-order valence-electron chi connectivity index (χ0n) is 16.8. The highest BCUT2D eigenvalue weighted by atomic mass is 16.5. The van der Waals surface area contributed by atoms with E-state index < -0.39 is 6.10 Å². The van der Waals surface area contributed by atoms with E-state index in [1.54, 1.807) is 0 Å². The first-order chi connectivity index (χ1) is 11.6. The van der Waals surface area contributed by atoms with Gasteiger partial charge in [-0.15, -0.1) is 0 Å². The van der Waals surface area contributed by atoms with Gasteiger partial charge in [-0.05, 0) is 28.0 Å². The summed E-state index contributed by atoms with van der Waals surface area (Å²) in [7, 11) is 0. The molecule has 0 saturated carbocycles. The summed E-state index contributed by atoms with van der Waals surface area (Å²) in [6, 6.07) is 6.45. The van der Waals surface area contributed by atoms with Gasteiger partial charge in [0.2, 0.25) is 0 Å². The molecule has 1 unspecified atom stereocenters. The molecular weight excluding hydrogens is 314 g/mol. The van der Waals surface area contributed by atoms with Gasteiger partial charge in [0.25, 0.3) is 0 Å². The van der Waals surface area contributed by atoms with Gasteiger partial charge in [-0.1, -0.05) is 53.7 Å². The maximum atomic E-state index is 10.3. The van der Waals surface area contributed by atoms with Crippen LogP contribution in [0.4, 0.5) is 0 Å². The minimum Gasteiger partial charge on any atom is -0.491 e. The van der Waals surface area contributed by atoms with Gasteiger partial charge in [0.15, 0.2) is 0 Å². The Morgan fingerprint density at radius 2 is 1.72 bits per heavy atom. The highest BCUT2D eigenvalue weighted by Crippen LogP contribution is 2.35. The molecule has 0 radical (unpaired) electrons. The number of benzene rings is 1. The number of hydrogen-bond acceptors (Lipinski definition) is 4. The number of nitrogens with zero attached hydrogens (tertiary/aromatic N) is 1. The molecule has 4 heteroatoms. The van der Waals surface area contributed by atoms with E-state index in [2.05, 4.69) is 64.6 Å². The Hall–Kier alpha value is -1.10. The number of hydrogen-bond donors (Lipinski definition) is 1. The Kier molecular flexibility index (Phi) is 6.52. The molecule has 1 saturated heterocycles. The predicted octanol–water partition coefficient (Wildman–Crippen LogP) is 3.35. The molecular formula is C21H35NO3. The maximum absolute atomic E-state index is 10.3. The Labute approximate surface area is 153 Å². The van der Waals surface area contributed by atoms with E-state index in [0.717, 1.165) is 32.1 Å². The molecule has 25 heavy (non-hydrogen) atoms. The van der Waals surface area contributed by atoms with Crippen molar-refractivity contribution in [2.45, 2.75) is 58.5 Å². The molecule has 0 aliphatic carbocycles. The molecule has 0 amide bonds. The van der Waals surface area contributed by atoms with Crippen molar-refractivity contribution >= 4 is 0 Å². The largest absolute Gasteiger partial charge is 0.491 e. The number of ether oxygens (including phenoxy) is 2. The van der Waals surface area contributed by atoms with E-state index in [4.69, 9.17) is 9.47 Å². The SMILES string of the molecule is CC(C)(C)c1ccc(OCC(O)CN2CCOCC2)c(C(C)(C)C)c1. The standard InChI is InChI=1S/C21H35NO3/c1-20(2,3)16-7-8-19(18(13-16)21(4,5)6)25-15-17(23)14-22-9-11-24-12-10-22/h7-8,13,17,23H,9-12,14-15H2,1-6H3. The molecule has 4 nitrogen and oxygen atoms in total. The van der Waals surface area contributed by atoms with E-state index in [9.17, 15) is 5.11 Å². The van der Waals surface area contributed by atoms with Crippen LogP contribution in [0.25, 0.3) is 0 Å². The fourth-order valence-electron chi connectivity index (χ4n) is 3.03. The summed E-state index contributed by atoms with van der Waals surface area (Å²) < 4.78 is 11.4. The van der Waals surface area contributed by atoms with Gasteiger partial charge in [0, 0.05) is 19.6 Å². The summed E-state index contributed by atoms with van der Waals surface area (Å²) in [6.45, 7) is 17.5.